The van der Waals surface area contributed by atoms with E-state index >= 15 is 0 Å². The van der Waals surface area contributed by atoms with Gasteiger partial charge in [0.15, 0.2) is 16.6 Å². The van der Waals surface area contributed by atoms with Crippen LogP contribution >= 0.6 is 11.3 Å². The molecule has 176 valence electrons. The highest BCUT2D eigenvalue weighted by molar-refractivity contribution is 7.17. The first kappa shape index (κ1) is 23.7. The first-order chi connectivity index (χ1) is 16.3. The summed E-state index contributed by atoms with van der Waals surface area (Å²) in [4.78, 5) is 26.9. The first-order valence-corrected chi connectivity index (χ1v) is 11.1. The lowest BCUT2D eigenvalue weighted by atomic mass is 9.98. The third kappa shape index (κ3) is 4.91. The number of thiazole rings is 1. The van der Waals surface area contributed by atoms with E-state index in [0.29, 0.717) is 50.6 Å². The molecule has 4 rings (SSSR count). The van der Waals surface area contributed by atoms with Gasteiger partial charge in [-0.25, -0.2) is 15.0 Å². The summed E-state index contributed by atoms with van der Waals surface area (Å²) in [5.41, 5.74) is 5.31. The summed E-state index contributed by atoms with van der Waals surface area (Å²) >= 11 is 0.674. The Labute approximate surface area is 196 Å². The van der Waals surface area contributed by atoms with Gasteiger partial charge in [-0.3, -0.25) is 4.79 Å². The summed E-state index contributed by atoms with van der Waals surface area (Å²) in [5, 5.41) is 9.41. The molecule has 1 saturated heterocycles. The number of aromatic nitrogens is 3. The Morgan fingerprint density at radius 3 is 2.56 bits per heavy atom. The van der Waals surface area contributed by atoms with Crippen LogP contribution in [0.3, 0.4) is 0 Å². The van der Waals surface area contributed by atoms with Crippen molar-refractivity contribution in [1.29, 1.82) is 5.26 Å². The summed E-state index contributed by atoms with van der Waals surface area (Å²) in [6.07, 6.45) is -1.18. The first-order valence-electron chi connectivity index (χ1n) is 10.3. The van der Waals surface area contributed by atoms with Gasteiger partial charge in [0.2, 0.25) is 5.78 Å². The molecule has 0 spiro atoms. The van der Waals surface area contributed by atoms with Gasteiger partial charge in [-0.2, -0.15) is 18.4 Å². The number of ketones is 1. The standard InChI is InChI=1S/C22H19F3N6O2S/c23-22(24,25)19-18(34-21(30-19)31-5-7-33-8-6-31)17(32)16-9-13(10-27)1-2-15(16)20-28-11-14(3-4-26)12-29-20/h1-2,9,11-12H,3-8,26H2. The van der Waals surface area contributed by atoms with E-state index in [1.165, 1.54) is 18.2 Å². The topological polar surface area (TPSA) is 118 Å². The molecule has 1 aliphatic heterocycles. The highest BCUT2D eigenvalue weighted by Crippen LogP contribution is 2.39. The number of rotatable bonds is 6. The van der Waals surface area contributed by atoms with Crippen LogP contribution in [0, 0.1) is 11.3 Å². The van der Waals surface area contributed by atoms with E-state index in [2.05, 4.69) is 15.0 Å². The Kier molecular flexibility index (Phi) is 6.87. The van der Waals surface area contributed by atoms with Crippen LogP contribution in [-0.2, 0) is 17.3 Å². The van der Waals surface area contributed by atoms with Crippen LogP contribution in [0.25, 0.3) is 11.4 Å². The van der Waals surface area contributed by atoms with E-state index in [1.807, 2.05) is 6.07 Å². The molecule has 2 aromatic heterocycles. The van der Waals surface area contributed by atoms with Gasteiger partial charge in [0.1, 0.15) is 4.88 Å². The highest BCUT2D eigenvalue weighted by Gasteiger charge is 2.41. The molecule has 3 heterocycles. The number of alkyl halides is 3. The fraction of sp³-hybridized carbons (Fsp3) is 0.318. The number of benzene rings is 1. The zero-order chi connectivity index (χ0) is 24.3. The molecule has 12 heteroatoms. The van der Waals surface area contributed by atoms with E-state index < -0.39 is 22.5 Å². The lowest BCUT2D eigenvalue weighted by molar-refractivity contribution is -0.141. The van der Waals surface area contributed by atoms with Crippen LogP contribution in [0.15, 0.2) is 30.6 Å². The van der Waals surface area contributed by atoms with Gasteiger partial charge in [-0.15, -0.1) is 0 Å². The molecule has 1 aliphatic rings. The summed E-state index contributed by atoms with van der Waals surface area (Å²) < 4.78 is 46.8. The minimum atomic E-state index is -4.83. The number of morpholine rings is 1. The van der Waals surface area contributed by atoms with Crippen LogP contribution in [0.1, 0.15) is 32.1 Å². The molecule has 0 saturated carbocycles. The Bertz CT molecular complexity index is 1230. The van der Waals surface area contributed by atoms with Crippen LogP contribution < -0.4 is 10.6 Å². The molecular formula is C22H19F3N6O2S. The van der Waals surface area contributed by atoms with E-state index in [4.69, 9.17) is 10.5 Å². The number of nitriles is 1. The molecule has 3 aromatic rings. The third-order valence-electron chi connectivity index (χ3n) is 5.14. The summed E-state index contributed by atoms with van der Waals surface area (Å²) in [6.45, 7) is 1.86. The van der Waals surface area contributed by atoms with Gasteiger partial charge in [-0.05, 0) is 36.7 Å². The Balaban J connectivity index is 1.80. The minimum absolute atomic E-state index is 0.0966. The maximum atomic E-state index is 13.9. The van der Waals surface area contributed by atoms with Gasteiger partial charge in [0, 0.05) is 36.6 Å². The van der Waals surface area contributed by atoms with Crippen LogP contribution in [0.5, 0.6) is 0 Å². The number of ether oxygens (including phenoxy) is 1. The van der Waals surface area contributed by atoms with Crippen LogP contribution in [0.2, 0.25) is 0 Å². The third-order valence-corrected chi connectivity index (χ3v) is 6.26. The number of hydrogen-bond acceptors (Lipinski definition) is 9. The predicted octanol–water partition coefficient (Wildman–Crippen LogP) is 3.06. The minimum Gasteiger partial charge on any atom is -0.378 e. The van der Waals surface area contributed by atoms with Gasteiger partial charge in [0.05, 0.1) is 24.8 Å². The van der Waals surface area contributed by atoms with Crippen molar-refractivity contribution in [2.24, 2.45) is 5.73 Å². The summed E-state index contributed by atoms with van der Waals surface area (Å²) in [5.74, 6) is -0.744. The second kappa shape index (κ2) is 9.84. The maximum Gasteiger partial charge on any atom is 0.435 e. The maximum absolute atomic E-state index is 13.9. The second-order valence-electron chi connectivity index (χ2n) is 7.43. The number of halogens is 3. The molecule has 0 bridgehead atoms. The van der Waals surface area contributed by atoms with Gasteiger partial charge >= 0.3 is 6.18 Å². The molecule has 2 N–H and O–H groups in total. The monoisotopic (exact) mass is 488 g/mol. The van der Waals surface area contributed by atoms with Gasteiger partial charge in [0.25, 0.3) is 0 Å². The number of nitrogens with two attached hydrogens (primary N) is 1. The van der Waals surface area contributed by atoms with E-state index in [-0.39, 0.29) is 27.6 Å². The number of hydrogen-bond donors (Lipinski definition) is 1. The highest BCUT2D eigenvalue weighted by atomic mass is 32.1. The molecule has 0 radical (unpaired) electrons. The van der Waals surface area contributed by atoms with E-state index in [1.54, 1.807) is 17.3 Å². The fourth-order valence-electron chi connectivity index (χ4n) is 3.45. The van der Waals surface area contributed by atoms with Crippen molar-refractivity contribution < 1.29 is 22.7 Å². The van der Waals surface area contributed by atoms with Crippen molar-refractivity contribution in [3.05, 3.63) is 57.9 Å². The average molecular weight is 488 g/mol. The van der Waals surface area contributed by atoms with Crippen molar-refractivity contribution >= 4 is 22.3 Å². The van der Waals surface area contributed by atoms with Gasteiger partial charge < -0.3 is 15.4 Å². The number of nitrogens with zero attached hydrogens (tertiary/aromatic N) is 5. The van der Waals surface area contributed by atoms with Crippen molar-refractivity contribution in [3.8, 4) is 17.5 Å². The normalized spacial score (nSPS) is 14.1. The summed E-state index contributed by atoms with van der Waals surface area (Å²) in [6, 6.07) is 6.09. The van der Waals surface area contributed by atoms with Crippen LogP contribution in [0.4, 0.5) is 18.3 Å². The van der Waals surface area contributed by atoms with Crippen molar-refractivity contribution in [1.82, 2.24) is 15.0 Å². The summed E-state index contributed by atoms with van der Waals surface area (Å²) in [7, 11) is 0. The number of carbonyl (C=O) groups excluding carboxylic acids is 1. The Hall–Kier alpha value is -3.40. The lowest BCUT2D eigenvalue weighted by Crippen LogP contribution is -2.36. The predicted molar refractivity (Wildman–Crippen MR) is 119 cm³/mol. The van der Waals surface area contributed by atoms with Crippen LogP contribution in [-0.4, -0.2) is 53.6 Å². The smallest absolute Gasteiger partial charge is 0.378 e. The van der Waals surface area contributed by atoms with Crippen molar-refractivity contribution in [2.75, 3.05) is 37.7 Å². The second-order valence-corrected chi connectivity index (χ2v) is 8.40. The molecule has 1 aromatic carbocycles. The average Bonchev–Trinajstić information content (AvgIpc) is 3.31. The fourth-order valence-corrected chi connectivity index (χ4v) is 4.55. The van der Waals surface area contributed by atoms with E-state index in [0.717, 1.165) is 5.56 Å². The molecule has 0 atom stereocenters. The molecule has 0 aliphatic carbocycles. The SMILES string of the molecule is N#Cc1ccc(-c2ncc(CCN)cn2)c(C(=O)c2sc(N3CCOCC3)nc2C(F)(F)F)c1. The quantitative estimate of drug-likeness (QED) is 0.526. The number of anilines is 1. The molecule has 34 heavy (non-hydrogen) atoms. The zero-order valence-electron chi connectivity index (χ0n) is 17.8. The Morgan fingerprint density at radius 1 is 1.24 bits per heavy atom. The van der Waals surface area contributed by atoms with Crippen molar-refractivity contribution in [3.63, 3.8) is 0 Å². The number of carbonyl (C=O) groups is 1. The Morgan fingerprint density at radius 2 is 1.94 bits per heavy atom. The molecule has 1 fully saturated rings. The lowest BCUT2D eigenvalue weighted by Gasteiger charge is -2.26. The zero-order valence-corrected chi connectivity index (χ0v) is 18.6. The molecular weight excluding hydrogens is 469 g/mol. The molecule has 0 amide bonds. The van der Waals surface area contributed by atoms with Crippen molar-refractivity contribution in [2.45, 2.75) is 12.6 Å². The molecule has 0 unspecified atom stereocenters. The largest absolute Gasteiger partial charge is 0.435 e. The van der Waals surface area contributed by atoms with Gasteiger partial charge in [-0.1, -0.05) is 11.3 Å². The van der Waals surface area contributed by atoms with E-state index in [9.17, 15) is 23.2 Å². The molecule has 8 nitrogen and oxygen atoms in total.